The average Bonchev–Trinajstić information content (AvgIpc) is 1.69. The monoisotopic (exact) mass is 1560 g/mol. The molecule has 0 atom stereocenters. The summed E-state index contributed by atoms with van der Waals surface area (Å²) in [5.41, 5.74) is 20.0. The van der Waals surface area contributed by atoms with Gasteiger partial charge in [0.1, 0.15) is 0 Å². The SMILES string of the molecule is N#Cc1ccc2c(c1)c1cc(-c3ccc(-c4cc5ccc6cccc7ccc(c4)c5c67)cc3)ccc1n2-c1ccccc1.N#Cc1ccc2sc3ccc(-c4cc5ccc6cc(-c7cccc8ccccc78)cc7ccc(c4)c5c67)cc3c2c1.N#Cc1ccc2sc3ccc(-c4cc5ccc6cc(-c7ccccc7)cc7ccc(c4)c5c67)cc3c2c1. The summed E-state index contributed by atoms with van der Waals surface area (Å²) in [6.07, 6.45) is 0. The number of nitrogens with zero attached hydrogens (tertiary/aromatic N) is 4. The van der Waals surface area contributed by atoms with Crippen LogP contribution in [-0.4, -0.2) is 4.57 Å². The molecular weight excluding hydrogens is 1500 g/mol. The molecule has 3 heterocycles. The Morgan fingerprint density at radius 2 is 0.471 bits per heavy atom. The zero-order chi connectivity index (χ0) is 80.1. The van der Waals surface area contributed by atoms with Crippen molar-refractivity contribution in [2.45, 2.75) is 0 Å². The maximum Gasteiger partial charge on any atom is 0.0991 e. The molecule has 0 saturated heterocycles. The Bertz CT molecular complexity index is 8730. The number of benzene rings is 23. The molecule has 0 aliphatic rings. The summed E-state index contributed by atoms with van der Waals surface area (Å²) in [5, 5.41) is 61.3. The topological polar surface area (TPSA) is 76.3 Å². The van der Waals surface area contributed by atoms with Crippen molar-refractivity contribution in [1.82, 2.24) is 4.57 Å². The highest BCUT2D eigenvalue weighted by Crippen LogP contribution is 2.47. The van der Waals surface area contributed by atoms with E-state index in [1.807, 2.05) is 42.5 Å². The van der Waals surface area contributed by atoms with Crippen LogP contribution in [0.2, 0.25) is 0 Å². The molecule has 6 heteroatoms. The van der Waals surface area contributed by atoms with Crippen molar-refractivity contribution in [1.29, 1.82) is 15.8 Å². The predicted octanol–water partition coefficient (Wildman–Crippen LogP) is 32.4. The third kappa shape index (κ3) is 11.5. The molecule has 0 bridgehead atoms. The fourth-order valence-corrected chi connectivity index (χ4v) is 21.5. The lowest BCUT2D eigenvalue weighted by atomic mass is 9.88. The van der Waals surface area contributed by atoms with Gasteiger partial charge in [-0.05, 0) is 338 Å². The van der Waals surface area contributed by atoms with Gasteiger partial charge in [0, 0.05) is 56.8 Å². The standard InChI is InChI=1S/C41H24N2.C39H21NS.C35H19NS/c42-25-26-9-19-38-36(21-26)37-24-31(18-20-39(37)43(38)35-7-2-1-3-8-35)27-10-12-28(13-11-27)34-22-32-16-14-29-5-4-6-30-15-17-33(23-34)41(32)40(29)30;40-22-23-8-14-36-34(16-23)35-21-25(13-15-37(35)41-36)30-17-26-9-11-28-19-31(20-29-12-10-27(18-30)38(26)39(28)29)33-7-3-5-24-4-1-2-6-32(24)33;36-20-21-6-12-32-30(14-21)31-19-23(11-13-33(31)37-32)29-17-26-9-7-24-15-28(22-4-2-1-3-5-22)16-25-8-10-27(18-29)35(26)34(24)25/h1-24H;1-21H;1-19H. The van der Waals surface area contributed by atoms with E-state index < -0.39 is 0 Å². The molecule has 0 saturated carbocycles. The summed E-state index contributed by atoms with van der Waals surface area (Å²) in [6, 6.07) is 147. The number of rotatable bonds is 7. The Kier molecular flexibility index (Phi) is 15.9. The lowest BCUT2D eigenvalue weighted by Gasteiger charge is -2.15. The normalized spacial score (nSPS) is 11.8. The summed E-state index contributed by atoms with van der Waals surface area (Å²) in [7, 11) is 0. The van der Waals surface area contributed by atoms with Crippen molar-refractivity contribution in [3.63, 3.8) is 0 Å². The Balaban J connectivity index is 0.000000103. The van der Waals surface area contributed by atoms with Crippen LogP contribution in [0.3, 0.4) is 0 Å². The first-order chi connectivity index (χ1) is 59.7. The van der Waals surface area contributed by atoms with E-state index in [4.69, 9.17) is 0 Å². The lowest BCUT2D eigenvalue weighted by molar-refractivity contribution is 1.18. The fourth-order valence-electron chi connectivity index (χ4n) is 19.4. The summed E-state index contributed by atoms with van der Waals surface area (Å²) < 4.78 is 7.22. The van der Waals surface area contributed by atoms with Gasteiger partial charge in [-0.3, -0.25) is 0 Å². The predicted molar refractivity (Wildman–Crippen MR) is 515 cm³/mol. The van der Waals surface area contributed by atoms with Gasteiger partial charge in [0.05, 0.1) is 45.9 Å². The van der Waals surface area contributed by atoms with E-state index in [9.17, 15) is 15.8 Å². The van der Waals surface area contributed by atoms with E-state index in [1.54, 1.807) is 22.7 Å². The zero-order valence-electron chi connectivity index (χ0n) is 65.1. The molecule has 0 aliphatic carbocycles. The number of hydrogen-bond donors (Lipinski definition) is 0. The highest BCUT2D eigenvalue weighted by atomic mass is 32.1. The highest BCUT2D eigenvalue weighted by Gasteiger charge is 2.21. The van der Waals surface area contributed by atoms with E-state index in [1.165, 1.54) is 198 Å². The van der Waals surface area contributed by atoms with E-state index in [-0.39, 0.29) is 0 Å². The van der Waals surface area contributed by atoms with Crippen molar-refractivity contribution >= 4 is 193 Å². The third-order valence-electron chi connectivity index (χ3n) is 25.1. The Hall–Kier alpha value is -15.9. The minimum Gasteiger partial charge on any atom is -0.309 e. The second-order valence-electron chi connectivity index (χ2n) is 31.9. The van der Waals surface area contributed by atoms with Crippen molar-refractivity contribution in [3.8, 4) is 90.7 Å². The van der Waals surface area contributed by atoms with Gasteiger partial charge in [0.15, 0.2) is 0 Å². The van der Waals surface area contributed by atoms with E-state index in [0.717, 1.165) is 43.8 Å². The van der Waals surface area contributed by atoms with Gasteiger partial charge < -0.3 is 4.57 Å². The summed E-state index contributed by atoms with van der Waals surface area (Å²) in [6.45, 7) is 0. The van der Waals surface area contributed by atoms with Gasteiger partial charge in [-0.2, -0.15) is 15.8 Å². The zero-order valence-corrected chi connectivity index (χ0v) is 66.7. The molecule has 0 amide bonds. The van der Waals surface area contributed by atoms with Crippen LogP contribution < -0.4 is 0 Å². The Labute approximate surface area is 703 Å². The largest absolute Gasteiger partial charge is 0.309 e. The van der Waals surface area contributed by atoms with E-state index in [0.29, 0.717) is 16.7 Å². The molecule has 0 aliphatic heterocycles. The smallest absolute Gasteiger partial charge is 0.0991 e. The first kappa shape index (κ1) is 69.5. The van der Waals surface area contributed by atoms with Crippen LogP contribution in [0.4, 0.5) is 0 Å². The quantitative estimate of drug-likeness (QED) is 0.149. The first-order valence-corrected chi connectivity index (χ1v) is 42.4. The molecule has 0 spiro atoms. The lowest BCUT2D eigenvalue weighted by Crippen LogP contribution is -1.93. The molecule has 0 N–H and O–H groups in total. The van der Waals surface area contributed by atoms with Gasteiger partial charge >= 0.3 is 0 Å². The number of para-hydroxylation sites is 1. The Morgan fingerprint density at radius 1 is 0.182 bits per heavy atom. The number of fused-ring (bicyclic) bond motifs is 10. The van der Waals surface area contributed by atoms with Gasteiger partial charge in [0.25, 0.3) is 0 Å². The van der Waals surface area contributed by atoms with Crippen LogP contribution in [0.5, 0.6) is 0 Å². The summed E-state index contributed by atoms with van der Waals surface area (Å²) in [5.74, 6) is 0. The van der Waals surface area contributed by atoms with E-state index in [2.05, 4.69) is 369 Å². The van der Waals surface area contributed by atoms with Crippen LogP contribution in [0.1, 0.15) is 16.7 Å². The molecule has 26 aromatic rings. The number of nitriles is 3. The van der Waals surface area contributed by atoms with Gasteiger partial charge in [0.2, 0.25) is 0 Å². The van der Waals surface area contributed by atoms with Crippen LogP contribution >= 0.6 is 22.7 Å². The van der Waals surface area contributed by atoms with Crippen LogP contribution in [0, 0.1) is 34.0 Å². The van der Waals surface area contributed by atoms with Gasteiger partial charge in [-0.15, -0.1) is 22.7 Å². The minimum absolute atomic E-state index is 0.669. The second-order valence-corrected chi connectivity index (χ2v) is 34.1. The van der Waals surface area contributed by atoms with Gasteiger partial charge in [-0.25, -0.2) is 0 Å². The van der Waals surface area contributed by atoms with Crippen LogP contribution in [0.25, 0.3) is 242 Å². The second kappa shape index (κ2) is 27.7. The molecular formula is C115H64N4S2. The number of hydrogen-bond acceptors (Lipinski definition) is 5. The molecule has 0 unspecified atom stereocenters. The maximum atomic E-state index is 9.63. The van der Waals surface area contributed by atoms with Crippen molar-refractivity contribution in [2.75, 3.05) is 0 Å². The number of aromatic nitrogens is 1. The maximum absolute atomic E-state index is 9.63. The van der Waals surface area contributed by atoms with Crippen molar-refractivity contribution in [3.05, 3.63) is 405 Å². The highest BCUT2D eigenvalue weighted by molar-refractivity contribution is 7.26. The molecule has 121 heavy (non-hydrogen) atoms. The summed E-state index contributed by atoms with van der Waals surface area (Å²) in [4.78, 5) is 0. The van der Waals surface area contributed by atoms with Crippen molar-refractivity contribution in [2.24, 2.45) is 0 Å². The average molecular weight is 1570 g/mol. The summed E-state index contributed by atoms with van der Waals surface area (Å²) >= 11 is 3.57. The molecule has 23 aromatic carbocycles. The van der Waals surface area contributed by atoms with Gasteiger partial charge in [-0.1, -0.05) is 224 Å². The van der Waals surface area contributed by atoms with Crippen molar-refractivity contribution < 1.29 is 0 Å². The van der Waals surface area contributed by atoms with E-state index >= 15 is 0 Å². The Morgan fingerprint density at radius 3 is 0.934 bits per heavy atom. The fraction of sp³-hybridized carbons (Fsp3) is 0. The third-order valence-corrected chi connectivity index (χ3v) is 27.4. The molecule has 3 aromatic heterocycles. The molecule has 0 radical (unpaired) electrons. The molecule has 556 valence electrons. The first-order valence-electron chi connectivity index (χ1n) is 40.8. The molecule has 0 fully saturated rings. The van der Waals surface area contributed by atoms with Crippen LogP contribution in [-0.2, 0) is 0 Å². The van der Waals surface area contributed by atoms with Crippen LogP contribution in [0.15, 0.2) is 388 Å². The molecule has 4 nitrogen and oxygen atoms in total. The number of thiophene rings is 2. The minimum atomic E-state index is 0.669. The molecule has 26 rings (SSSR count).